The van der Waals surface area contributed by atoms with Crippen LogP contribution in [0.2, 0.25) is 0 Å². The van der Waals surface area contributed by atoms with Crippen molar-refractivity contribution >= 4 is 30.0 Å². The number of aliphatic hydroxyl groups is 1. The molecule has 0 saturated heterocycles. The molecule has 0 spiro atoms. The van der Waals surface area contributed by atoms with Crippen molar-refractivity contribution in [3.63, 3.8) is 0 Å². The van der Waals surface area contributed by atoms with Gasteiger partial charge in [0.1, 0.15) is 0 Å². The standard InChI is InChI=1S/C48H94N4O4.C21H40N2O2/c1-5-9-12-15-18-21-22-23-24-25-26-27-28-31-34-37-41-52(44-47(55)50(8-4)39-35-32-29-19-16-13-10-6-2)48(56)45-51(46(54)43-49-38-42-53)40-36-33-30-20-17-14-11-7-3;1-2-3-4-5-6-7-8-9-10-11-12-13-14-15-16-17-18-23(20-24)19-21(22)25/h23-24,49,53H,5-22,25-45H2,1-4H3;9-10,20H,2-8,11-19H2,1H3,(H2,22,25)/b24-23-;10-9-. The van der Waals surface area contributed by atoms with Gasteiger partial charge in [-0.2, -0.15) is 0 Å². The number of hydrogen-bond donors (Lipinski definition) is 3. The highest BCUT2D eigenvalue weighted by atomic mass is 16.3. The lowest BCUT2D eigenvalue weighted by atomic mass is 10.1. The lowest BCUT2D eigenvalue weighted by Crippen LogP contribution is -2.49. The van der Waals surface area contributed by atoms with Crippen LogP contribution in [0.25, 0.3) is 0 Å². The first-order chi connectivity index (χ1) is 39.6. The number of primary amides is 1. The Morgan fingerprint density at radius 2 is 0.654 bits per heavy atom. The average Bonchev–Trinajstić information content (AvgIpc) is 3.46. The van der Waals surface area contributed by atoms with Gasteiger partial charge in [0.2, 0.25) is 30.0 Å². The van der Waals surface area contributed by atoms with Crippen LogP contribution in [0.4, 0.5) is 0 Å². The van der Waals surface area contributed by atoms with E-state index >= 15 is 0 Å². The molecule has 0 aliphatic rings. The molecular weight excluding hydrogens is 1010 g/mol. The molecule has 12 heteroatoms. The van der Waals surface area contributed by atoms with Crippen LogP contribution >= 0.6 is 0 Å². The van der Waals surface area contributed by atoms with Gasteiger partial charge in [-0.05, 0) is 84.0 Å². The third-order valence-corrected chi connectivity index (χ3v) is 15.6. The summed E-state index contributed by atoms with van der Waals surface area (Å²) in [5, 5.41) is 12.2. The highest BCUT2D eigenvalue weighted by molar-refractivity contribution is 5.89. The van der Waals surface area contributed by atoms with Gasteiger partial charge < -0.3 is 35.8 Å². The maximum Gasteiger partial charge on any atom is 0.242 e. The molecular formula is C69H134N6O6. The van der Waals surface area contributed by atoms with E-state index in [0.29, 0.717) is 39.1 Å². The first-order valence-corrected chi connectivity index (χ1v) is 34.6. The fourth-order valence-electron chi connectivity index (χ4n) is 10.3. The quantitative estimate of drug-likeness (QED) is 0.0311. The Hall–Kier alpha value is -3.25. The third-order valence-electron chi connectivity index (χ3n) is 15.6. The number of aliphatic hydroxyl groups excluding tert-OH is 1. The molecule has 5 amide bonds. The predicted molar refractivity (Wildman–Crippen MR) is 346 cm³/mol. The van der Waals surface area contributed by atoms with Crippen LogP contribution in [0, 0.1) is 0 Å². The molecule has 0 unspecified atom stereocenters. The number of carbonyl (C=O) groups excluding carboxylic acids is 5. The maximum atomic E-state index is 14.0. The molecule has 0 aliphatic carbocycles. The molecule has 4 N–H and O–H groups in total. The van der Waals surface area contributed by atoms with Gasteiger partial charge >= 0.3 is 0 Å². The summed E-state index contributed by atoms with van der Waals surface area (Å²) in [6.07, 6.45) is 64.2. The van der Waals surface area contributed by atoms with Crippen LogP contribution in [-0.2, 0) is 24.0 Å². The Balaban J connectivity index is 0. The topological polar surface area (TPSA) is 157 Å². The maximum absolute atomic E-state index is 14.0. The van der Waals surface area contributed by atoms with Crippen molar-refractivity contribution in [2.75, 3.05) is 72.1 Å². The number of hydrogen-bond acceptors (Lipinski definition) is 7. The monoisotopic (exact) mass is 1140 g/mol. The summed E-state index contributed by atoms with van der Waals surface area (Å²) < 4.78 is 0. The van der Waals surface area contributed by atoms with Crippen LogP contribution in [0.1, 0.15) is 317 Å². The number of nitrogens with zero attached hydrogens (tertiary/aromatic N) is 4. The molecule has 0 aromatic carbocycles. The highest BCUT2D eigenvalue weighted by Crippen LogP contribution is 2.15. The number of carbonyl (C=O) groups is 5. The number of unbranched alkanes of at least 4 members (excludes halogenated alkanes) is 38. The van der Waals surface area contributed by atoms with Crippen LogP contribution in [0.3, 0.4) is 0 Å². The fraction of sp³-hybridized carbons (Fsp3) is 0.870. The van der Waals surface area contributed by atoms with Gasteiger partial charge in [-0.1, -0.05) is 257 Å². The van der Waals surface area contributed by atoms with Gasteiger partial charge in [-0.3, -0.25) is 24.0 Å². The van der Waals surface area contributed by atoms with Crippen molar-refractivity contribution in [1.29, 1.82) is 0 Å². The van der Waals surface area contributed by atoms with E-state index in [-0.39, 0.29) is 50.5 Å². The van der Waals surface area contributed by atoms with Gasteiger partial charge in [-0.25, -0.2) is 0 Å². The Bertz CT molecular complexity index is 1450. The first kappa shape index (κ1) is 79.8. The van der Waals surface area contributed by atoms with Gasteiger partial charge in [0.25, 0.3) is 0 Å². The molecule has 0 aromatic rings. The second-order valence-corrected chi connectivity index (χ2v) is 23.4. The Kier molecular flexibility index (Phi) is 64.9. The molecule has 0 bridgehead atoms. The molecule has 0 saturated carbocycles. The van der Waals surface area contributed by atoms with E-state index in [0.717, 1.165) is 77.2 Å². The number of rotatable bonds is 62. The summed E-state index contributed by atoms with van der Waals surface area (Å²) in [7, 11) is 0. The van der Waals surface area contributed by atoms with E-state index in [1.807, 2.05) is 11.8 Å². The zero-order valence-electron chi connectivity index (χ0n) is 54.1. The first-order valence-electron chi connectivity index (χ1n) is 34.6. The van der Waals surface area contributed by atoms with Crippen LogP contribution in [0.15, 0.2) is 24.3 Å². The molecule has 476 valence electrons. The second-order valence-electron chi connectivity index (χ2n) is 23.4. The van der Waals surface area contributed by atoms with E-state index < -0.39 is 5.91 Å². The minimum atomic E-state index is -0.448. The number of amides is 5. The lowest BCUT2D eigenvalue weighted by Gasteiger charge is -2.30. The summed E-state index contributed by atoms with van der Waals surface area (Å²) in [4.78, 5) is 69.2. The molecule has 12 nitrogen and oxygen atoms in total. The van der Waals surface area contributed by atoms with Crippen molar-refractivity contribution in [1.82, 2.24) is 24.9 Å². The summed E-state index contributed by atoms with van der Waals surface area (Å²) in [5.74, 6) is -0.692. The molecule has 0 radical (unpaired) electrons. The van der Waals surface area contributed by atoms with Crippen LogP contribution in [-0.4, -0.2) is 127 Å². The number of nitrogens with two attached hydrogens (primary N) is 1. The summed E-state index contributed by atoms with van der Waals surface area (Å²) >= 11 is 0. The fourth-order valence-corrected chi connectivity index (χ4v) is 10.3. The van der Waals surface area contributed by atoms with Gasteiger partial charge in [0, 0.05) is 39.3 Å². The van der Waals surface area contributed by atoms with Gasteiger partial charge in [0.15, 0.2) is 0 Å². The number of likely N-dealkylation sites (N-methyl/N-ethyl adjacent to an activating group) is 1. The molecule has 81 heavy (non-hydrogen) atoms. The van der Waals surface area contributed by atoms with E-state index in [9.17, 15) is 29.1 Å². The van der Waals surface area contributed by atoms with Crippen molar-refractivity contribution in [3.8, 4) is 0 Å². The number of allylic oxidation sites excluding steroid dienone is 4. The molecule has 0 heterocycles. The average molecular weight is 1140 g/mol. The summed E-state index contributed by atoms with van der Waals surface area (Å²) in [6.45, 7) is 14.7. The lowest BCUT2D eigenvalue weighted by molar-refractivity contribution is -0.144. The largest absolute Gasteiger partial charge is 0.395 e. The van der Waals surface area contributed by atoms with E-state index in [2.05, 4.69) is 57.3 Å². The number of nitrogens with one attached hydrogen (secondary N) is 1. The highest BCUT2D eigenvalue weighted by Gasteiger charge is 2.24. The van der Waals surface area contributed by atoms with Crippen molar-refractivity contribution in [3.05, 3.63) is 24.3 Å². The SMILES string of the molecule is CCCCCCCC/C=C\CCCCCCCCN(C=O)CC(N)=O.CCCCCCCC/C=C\CCCCCCCCN(CC(=O)N(CC)CCCCCCCCCC)C(=O)CN(CCCCCCCCCC)C(=O)CNCCO. The predicted octanol–water partition coefficient (Wildman–Crippen LogP) is 16.4. The van der Waals surface area contributed by atoms with Gasteiger partial charge in [0.05, 0.1) is 32.8 Å². The molecule has 0 fully saturated rings. The molecule has 0 atom stereocenters. The third kappa shape index (κ3) is 58.3. The minimum absolute atomic E-state index is 0.0000501. The van der Waals surface area contributed by atoms with Crippen molar-refractivity contribution in [2.24, 2.45) is 5.73 Å². The zero-order valence-corrected chi connectivity index (χ0v) is 54.1. The zero-order chi connectivity index (χ0) is 59.8. The normalized spacial score (nSPS) is 11.3. The Morgan fingerprint density at radius 1 is 0.370 bits per heavy atom. The van der Waals surface area contributed by atoms with E-state index in [4.69, 9.17) is 5.73 Å². The van der Waals surface area contributed by atoms with Crippen LogP contribution in [0.5, 0.6) is 0 Å². The van der Waals surface area contributed by atoms with Crippen molar-refractivity contribution < 1.29 is 29.1 Å². The van der Waals surface area contributed by atoms with Crippen molar-refractivity contribution in [2.45, 2.75) is 317 Å². The van der Waals surface area contributed by atoms with E-state index in [1.165, 1.54) is 217 Å². The summed E-state index contributed by atoms with van der Waals surface area (Å²) in [6, 6.07) is 0. The molecule has 0 rings (SSSR count). The van der Waals surface area contributed by atoms with Gasteiger partial charge in [-0.15, -0.1) is 0 Å². The molecule has 0 aliphatic heterocycles. The Labute approximate surface area is 501 Å². The smallest absolute Gasteiger partial charge is 0.242 e. The molecule has 0 aromatic heterocycles. The van der Waals surface area contributed by atoms with E-state index in [1.54, 1.807) is 9.80 Å². The summed E-state index contributed by atoms with van der Waals surface area (Å²) in [5.41, 5.74) is 5.09. The minimum Gasteiger partial charge on any atom is -0.395 e. The Morgan fingerprint density at radius 3 is 0.963 bits per heavy atom. The second kappa shape index (κ2) is 65.9. The van der Waals surface area contributed by atoms with Crippen LogP contribution < -0.4 is 11.1 Å².